The highest BCUT2D eigenvalue weighted by Gasteiger charge is 2.44. The highest BCUT2D eigenvalue weighted by molar-refractivity contribution is 5.76. The largest absolute Gasteiger partial charge is 0.466 e. The summed E-state index contributed by atoms with van der Waals surface area (Å²) in [6.07, 6.45) is 61.1. The second kappa shape index (κ2) is 56.7. The van der Waals surface area contributed by atoms with Crippen LogP contribution in [0, 0.1) is 0 Å². The van der Waals surface area contributed by atoms with Gasteiger partial charge in [0.15, 0.2) is 6.29 Å². The molecule has 78 heavy (non-hydrogen) atoms. The van der Waals surface area contributed by atoms with Gasteiger partial charge < -0.3 is 45.1 Å². The van der Waals surface area contributed by atoms with Gasteiger partial charge in [-0.25, -0.2) is 0 Å². The number of unbranched alkanes of at least 4 members (excludes halogenated alkanes) is 40. The van der Waals surface area contributed by atoms with E-state index in [1.165, 1.54) is 218 Å². The van der Waals surface area contributed by atoms with E-state index < -0.39 is 49.5 Å². The Balaban J connectivity index is 2.03. The second-order valence-electron chi connectivity index (χ2n) is 23.2. The lowest BCUT2D eigenvalue weighted by atomic mass is 9.99. The zero-order chi connectivity index (χ0) is 56.6. The summed E-state index contributed by atoms with van der Waals surface area (Å²) in [5.41, 5.74) is 0. The van der Waals surface area contributed by atoms with E-state index in [1.54, 1.807) is 6.08 Å². The predicted octanol–water partition coefficient (Wildman–Crippen LogP) is 16.2. The summed E-state index contributed by atoms with van der Waals surface area (Å²) in [5.74, 6) is -0.189. The molecule has 1 saturated heterocycles. The van der Waals surface area contributed by atoms with Crippen LogP contribution in [0.2, 0.25) is 0 Å². The van der Waals surface area contributed by atoms with Crippen molar-refractivity contribution in [1.82, 2.24) is 5.32 Å². The molecule has 7 unspecified atom stereocenters. The number of rotatable bonds is 58. The maximum Gasteiger partial charge on any atom is 0.305 e. The molecule has 0 aromatic heterocycles. The number of ether oxygens (including phenoxy) is 3. The van der Waals surface area contributed by atoms with Crippen LogP contribution in [0.4, 0.5) is 0 Å². The lowest BCUT2D eigenvalue weighted by Crippen LogP contribution is -2.60. The zero-order valence-corrected chi connectivity index (χ0v) is 50.6. The van der Waals surface area contributed by atoms with Gasteiger partial charge in [-0.15, -0.1) is 0 Å². The first kappa shape index (κ1) is 73.9. The van der Waals surface area contributed by atoms with Crippen molar-refractivity contribution in [3.05, 3.63) is 36.5 Å². The van der Waals surface area contributed by atoms with Crippen LogP contribution in [0.5, 0.6) is 0 Å². The number of amides is 1. The number of carbonyl (C=O) groups is 2. The third-order valence-electron chi connectivity index (χ3n) is 15.7. The van der Waals surface area contributed by atoms with Crippen molar-refractivity contribution in [1.29, 1.82) is 0 Å². The average molecular weight is 1100 g/mol. The first-order chi connectivity index (χ1) is 38.2. The number of allylic oxidation sites excluding steroid dienone is 5. The molecule has 0 bridgehead atoms. The molecule has 458 valence electrons. The number of aliphatic hydroxyl groups excluding tert-OH is 5. The molecular formula is C67H125NO10. The van der Waals surface area contributed by atoms with E-state index in [2.05, 4.69) is 43.5 Å². The van der Waals surface area contributed by atoms with Gasteiger partial charge in [-0.1, -0.05) is 281 Å². The van der Waals surface area contributed by atoms with Crippen molar-refractivity contribution < 1.29 is 49.3 Å². The van der Waals surface area contributed by atoms with Crippen molar-refractivity contribution in [2.75, 3.05) is 19.8 Å². The number of aliphatic hydroxyl groups is 5. The van der Waals surface area contributed by atoms with Crippen LogP contribution in [0.1, 0.15) is 316 Å². The van der Waals surface area contributed by atoms with Crippen molar-refractivity contribution in [3.63, 3.8) is 0 Å². The van der Waals surface area contributed by atoms with Gasteiger partial charge in [0.1, 0.15) is 24.4 Å². The number of hydrogen-bond donors (Lipinski definition) is 6. The Labute approximate surface area is 479 Å². The summed E-state index contributed by atoms with van der Waals surface area (Å²) in [7, 11) is 0. The molecule has 0 radical (unpaired) electrons. The van der Waals surface area contributed by atoms with Crippen molar-refractivity contribution >= 4 is 11.9 Å². The first-order valence-corrected chi connectivity index (χ1v) is 33.3. The Morgan fingerprint density at radius 3 is 1.27 bits per heavy atom. The lowest BCUT2D eigenvalue weighted by Gasteiger charge is -2.40. The van der Waals surface area contributed by atoms with Gasteiger partial charge in [0.05, 0.1) is 32.0 Å². The van der Waals surface area contributed by atoms with Crippen molar-refractivity contribution in [2.45, 2.75) is 358 Å². The Morgan fingerprint density at radius 2 is 0.833 bits per heavy atom. The molecule has 0 saturated carbocycles. The summed E-state index contributed by atoms with van der Waals surface area (Å²) in [6.45, 7) is 4.32. The van der Waals surface area contributed by atoms with E-state index in [-0.39, 0.29) is 18.5 Å². The molecule has 1 rings (SSSR count). The smallest absolute Gasteiger partial charge is 0.305 e. The van der Waals surface area contributed by atoms with Crippen LogP contribution >= 0.6 is 0 Å². The maximum absolute atomic E-state index is 13.1. The van der Waals surface area contributed by atoms with Crippen LogP contribution in [-0.4, -0.2) is 100 Å². The minimum Gasteiger partial charge on any atom is -0.466 e. The van der Waals surface area contributed by atoms with Gasteiger partial charge in [-0.2, -0.15) is 0 Å². The standard InChI is InChI=1S/C67H125NO10/c1-3-5-7-9-11-13-15-16-30-34-37-41-45-49-53-60(70)59(58-77-67-66(75)65(74)64(73)61(57-69)78-67)68-62(71)54-50-46-42-38-35-31-28-26-24-22-20-18-17-19-21-23-25-27-29-32-36-40-44-48-52-56-76-63(72)55-51-47-43-39-33-14-12-10-8-6-4-2/h13,15,34,37,49,53,59-61,64-67,69-70,73-75H,3-12,14,16-33,35-36,38-48,50-52,54-58H2,1-2H3,(H,68,71)/b15-13+,37-34+,53-49+. The van der Waals surface area contributed by atoms with Gasteiger partial charge in [0.25, 0.3) is 0 Å². The first-order valence-electron chi connectivity index (χ1n) is 33.3. The van der Waals surface area contributed by atoms with E-state index in [0.29, 0.717) is 19.4 Å². The number of nitrogens with one attached hydrogen (secondary N) is 1. The highest BCUT2D eigenvalue weighted by Crippen LogP contribution is 2.23. The number of hydrogen-bond acceptors (Lipinski definition) is 10. The minimum atomic E-state index is -1.58. The predicted molar refractivity (Wildman–Crippen MR) is 324 cm³/mol. The lowest BCUT2D eigenvalue weighted by molar-refractivity contribution is -0.302. The van der Waals surface area contributed by atoms with Crippen LogP contribution in [0.25, 0.3) is 0 Å². The molecule has 0 aromatic carbocycles. The van der Waals surface area contributed by atoms with Crippen molar-refractivity contribution in [2.24, 2.45) is 0 Å². The van der Waals surface area contributed by atoms with Gasteiger partial charge in [-0.05, 0) is 57.8 Å². The second-order valence-corrected chi connectivity index (χ2v) is 23.2. The molecule has 1 aliphatic rings. The van der Waals surface area contributed by atoms with E-state index in [9.17, 15) is 35.1 Å². The number of esters is 1. The van der Waals surface area contributed by atoms with Crippen LogP contribution in [0.3, 0.4) is 0 Å². The molecule has 1 fully saturated rings. The van der Waals surface area contributed by atoms with Gasteiger partial charge >= 0.3 is 5.97 Å². The van der Waals surface area contributed by atoms with Gasteiger partial charge in [0, 0.05) is 12.8 Å². The SMILES string of the molecule is CCCCCC/C=C/CC/C=C/CC/C=C/C(O)C(COC1OC(CO)C(O)C(O)C1O)NC(=O)CCCCCCCCCCCCCCCCCCCCCCCCCCCOC(=O)CCCCCCCCCCCCC. The molecule has 7 atom stereocenters. The van der Waals surface area contributed by atoms with E-state index in [0.717, 1.165) is 70.6 Å². The van der Waals surface area contributed by atoms with Crippen LogP contribution in [0.15, 0.2) is 36.5 Å². The fourth-order valence-electron chi connectivity index (χ4n) is 10.5. The molecule has 11 nitrogen and oxygen atoms in total. The maximum atomic E-state index is 13.1. The molecular weight excluding hydrogens is 979 g/mol. The number of carbonyl (C=O) groups excluding carboxylic acids is 2. The van der Waals surface area contributed by atoms with Crippen LogP contribution in [-0.2, 0) is 23.8 Å². The summed E-state index contributed by atoms with van der Waals surface area (Å²) in [6, 6.07) is -0.833. The Kier molecular flexibility index (Phi) is 53.7. The summed E-state index contributed by atoms with van der Waals surface area (Å²) in [4.78, 5) is 25.1. The normalized spacial score (nSPS) is 18.7. The highest BCUT2D eigenvalue weighted by atomic mass is 16.7. The molecule has 1 aliphatic heterocycles. The van der Waals surface area contributed by atoms with E-state index in [4.69, 9.17) is 14.2 Å². The fraction of sp³-hybridized carbons (Fsp3) is 0.881. The molecule has 1 heterocycles. The Bertz CT molecular complexity index is 1390. The minimum absolute atomic E-state index is 0.00507. The molecule has 1 amide bonds. The molecule has 0 aliphatic carbocycles. The molecule has 11 heteroatoms. The molecule has 6 N–H and O–H groups in total. The third-order valence-corrected chi connectivity index (χ3v) is 15.7. The molecule has 0 aromatic rings. The quantitative estimate of drug-likeness (QED) is 0.0195. The summed E-state index contributed by atoms with van der Waals surface area (Å²) >= 11 is 0. The van der Waals surface area contributed by atoms with Crippen LogP contribution < -0.4 is 5.32 Å². The topological polar surface area (TPSA) is 175 Å². The van der Waals surface area contributed by atoms with E-state index in [1.807, 2.05) is 6.08 Å². The van der Waals surface area contributed by atoms with Gasteiger partial charge in [-0.3, -0.25) is 9.59 Å². The monoisotopic (exact) mass is 1100 g/mol. The van der Waals surface area contributed by atoms with Crippen molar-refractivity contribution in [3.8, 4) is 0 Å². The molecule has 0 spiro atoms. The Morgan fingerprint density at radius 1 is 0.462 bits per heavy atom. The fourth-order valence-corrected chi connectivity index (χ4v) is 10.5. The summed E-state index contributed by atoms with van der Waals surface area (Å²) in [5, 5.41) is 54.4. The zero-order valence-electron chi connectivity index (χ0n) is 50.6. The third kappa shape index (κ3) is 45.5. The summed E-state index contributed by atoms with van der Waals surface area (Å²) < 4.78 is 16.7. The van der Waals surface area contributed by atoms with Gasteiger partial charge in [0.2, 0.25) is 5.91 Å². The average Bonchev–Trinajstić information content (AvgIpc) is 3.45. The van der Waals surface area contributed by atoms with E-state index >= 15 is 0 Å². The Hall–Kier alpha value is -2.12.